The first-order chi connectivity index (χ1) is 15.5. The monoisotopic (exact) mass is 436 g/mol. The molecule has 0 aliphatic carbocycles. The quantitative estimate of drug-likeness (QED) is 0.579. The molecule has 3 heterocycles. The molecule has 170 valence electrons. The maximum atomic E-state index is 6.00. The molecule has 1 aromatic heterocycles. The first-order valence-electron chi connectivity index (χ1n) is 11.5. The molecule has 2 aliphatic rings. The largest absolute Gasteiger partial charge is 0.491 e. The summed E-state index contributed by atoms with van der Waals surface area (Å²) in [7, 11) is 0. The van der Waals surface area contributed by atoms with Gasteiger partial charge in [0.1, 0.15) is 18.5 Å². The van der Waals surface area contributed by atoms with E-state index in [1.54, 1.807) is 0 Å². The van der Waals surface area contributed by atoms with Gasteiger partial charge in [-0.15, -0.1) is 0 Å². The van der Waals surface area contributed by atoms with E-state index in [9.17, 15) is 0 Å². The number of aromatic amines is 1. The molecule has 2 aliphatic heterocycles. The third kappa shape index (κ3) is 5.23. The number of hydrogen-bond acceptors (Lipinski definition) is 6. The molecule has 2 fully saturated rings. The third-order valence-corrected chi connectivity index (χ3v) is 6.12. The van der Waals surface area contributed by atoms with Gasteiger partial charge in [0.2, 0.25) is 0 Å². The lowest BCUT2D eigenvalue weighted by atomic mass is 10.0. The maximum Gasteiger partial charge on any atom is 0.163 e. The van der Waals surface area contributed by atoms with Crippen molar-refractivity contribution in [1.29, 1.82) is 0 Å². The van der Waals surface area contributed by atoms with E-state index in [-0.39, 0.29) is 6.10 Å². The van der Waals surface area contributed by atoms with Gasteiger partial charge in [-0.3, -0.25) is 10.00 Å². The molecule has 3 aromatic rings. The number of likely N-dealkylation sites (tertiary alicyclic amines) is 1. The number of piperidine rings is 1. The van der Waals surface area contributed by atoms with Crippen LogP contribution in [0.5, 0.6) is 5.75 Å². The molecule has 0 amide bonds. The standard InChI is InChI=1S/C25H32N4O3/c1-25(2)31-17-23(32-25)16-30-22-7-3-5-18(11-22)14-29-10-4-6-21(15-29)27-20-8-9-24-19(12-20)13-26-28-24/h3,5,7-9,11-13,21,23,27H,4,6,10,14-17H2,1-2H3,(H,26,28)/t21-,23?/m1/s1. The highest BCUT2D eigenvalue weighted by Crippen LogP contribution is 2.24. The number of nitrogens with one attached hydrogen (secondary N) is 2. The minimum absolute atomic E-state index is 0.0242. The molecule has 32 heavy (non-hydrogen) atoms. The van der Waals surface area contributed by atoms with Crippen molar-refractivity contribution >= 4 is 16.6 Å². The Labute approximate surface area is 189 Å². The highest BCUT2D eigenvalue weighted by molar-refractivity contribution is 5.81. The van der Waals surface area contributed by atoms with Crippen molar-refractivity contribution in [1.82, 2.24) is 15.1 Å². The van der Waals surface area contributed by atoms with Crippen LogP contribution in [0.25, 0.3) is 10.9 Å². The van der Waals surface area contributed by atoms with E-state index in [4.69, 9.17) is 14.2 Å². The van der Waals surface area contributed by atoms with Crippen LogP contribution in [0, 0.1) is 0 Å². The Morgan fingerprint density at radius 3 is 3.06 bits per heavy atom. The number of aromatic nitrogens is 2. The maximum absolute atomic E-state index is 6.00. The van der Waals surface area contributed by atoms with E-state index in [2.05, 4.69) is 56.8 Å². The van der Waals surface area contributed by atoms with E-state index in [1.807, 2.05) is 26.1 Å². The summed E-state index contributed by atoms with van der Waals surface area (Å²) in [5.41, 5.74) is 3.49. The lowest BCUT2D eigenvalue weighted by molar-refractivity contribution is -0.141. The Morgan fingerprint density at radius 2 is 2.19 bits per heavy atom. The highest BCUT2D eigenvalue weighted by Gasteiger charge is 2.33. The van der Waals surface area contributed by atoms with Crippen LogP contribution in [-0.4, -0.2) is 59.3 Å². The summed E-state index contributed by atoms with van der Waals surface area (Å²) in [5, 5.41) is 12.0. The molecule has 0 radical (unpaired) electrons. The fraction of sp³-hybridized carbons (Fsp3) is 0.480. The lowest BCUT2D eigenvalue weighted by Crippen LogP contribution is -2.41. The van der Waals surface area contributed by atoms with Gasteiger partial charge in [0, 0.05) is 30.2 Å². The number of H-pyrrole nitrogens is 1. The van der Waals surface area contributed by atoms with E-state index in [0.717, 1.165) is 42.0 Å². The second-order valence-corrected chi connectivity index (χ2v) is 9.30. The molecule has 0 bridgehead atoms. The summed E-state index contributed by atoms with van der Waals surface area (Å²) in [6.45, 7) is 8.01. The summed E-state index contributed by atoms with van der Waals surface area (Å²) in [6.07, 6.45) is 4.22. The van der Waals surface area contributed by atoms with Crippen molar-refractivity contribution in [2.24, 2.45) is 0 Å². The zero-order valence-electron chi connectivity index (χ0n) is 18.8. The molecule has 2 aromatic carbocycles. The van der Waals surface area contributed by atoms with Crippen LogP contribution in [0.4, 0.5) is 5.69 Å². The van der Waals surface area contributed by atoms with Crippen LogP contribution in [-0.2, 0) is 16.0 Å². The number of anilines is 1. The fourth-order valence-corrected chi connectivity index (χ4v) is 4.61. The number of hydrogen-bond donors (Lipinski definition) is 2. The van der Waals surface area contributed by atoms with Gasteiger partial charge < -0.3 is 19.5 Å². The van der Waals surface area contributed by atoms with Gasteiger partial charge in [0.15, 0.2) is 5.79 Å². The van der Waals surface area contributed by atoms with Crippen molar-refractivity contribution in [3.8, 4) is 5.75 Å². The molecular weight excluding hydrogens is 404 g/mol. The Hall–Kier alpha value is -2.61. The molecule has 0 spiro atoms. The predicted molar refractivity (Wildman–Crippen MR) is 125 cm³/mol. The van der Waals surface area contributed by atoms with E-state index in [1.165, 1.54) is 18.4 Å². The average molecular weight is 437 g/mol. The zero-order valence-corrected chi connectivity index (χ0v) is 18.8. The normalized spacial score (nSPS) is 23.4. The van der Waals surface area contributed by atoms with Gasteiger partial charge in [-0.25, -0.2) is 0 Å². The summed E-state index contributed by atoms with van der Waals surface area (Å²) in [6, 6.07) is 15.2. The number of rotatable bonds is 7. The van der Waals surface area contributed by atoms with Gasteiger partial charge in [-0.2, -0.15) is 5.10 Å². The third-order valence-electron chi connectivity index (χ3n) is 6.12. The number of benzene rings is 2. The van der Waals surface area contributed by atoms with Crippen LogP contribution in [0.15, 0.2) is 48.7 Å². The molecule has 7 heteroatoms. The second-order valence-electron chi connectivity index (χ2n) is 9.30. The zero-order chi connectivity index (χ0) is 22.0. The molecule has 7 nitrogen and oxygen atoms in total. The van der Waals surface area contributed by atoms with Crippen LogP contribution >= 0.6 is 0 Å². The molecular formula is C25H32N4O3. The van der Waals surface area contributed by atoms with Crippen molar-refractivity contribution in [3.05, 3.63) is 54.2 Å². The smallest absolute Gasteiger partial charge is 0.163 e. The van der Waals surface area contributed by atoms with Crippen molar-refractivity contribution in [2.75, 3.05) is 31.6 Å². The van der Waals surface area contributed by atoms with Gasteiger partial charge in [-0.1, -0.05) is 12.1 Å². The Bertz CT molecular complexity index is 1050. The molecule has 2 saturated heterocycles. The minimum atomic E-state index is -0.515. The topological polar surface area (TPSA) is 71.6 Å². The van der Waals surface area contributed by atoms with Gasteiger partial charge >= 0.3 is 0 Å². The van der Waals surface area contributed by atoms with Gasteiger partial charge in [-0.05, 0) is 69.1 Å². The SMILES string of the molecule is CC1(C)OCC(COc2cccc(CN3CCC[C@@H](Nc4ccc5[nH]ncc5c4)C3)c2)O1. The Kier molecular flexibility index (Phi) is 6.04. The number of nitrogens with zero attached hydrogens (tertiary/aromatic N) is 2. The van der Waals surface area contributed by atoms with E-state index >= 15 is 0 Å². The van der Waals surface area contributed by atoms with Crippen LogP contribution in [0.1, 0.15) is 32.3 Å². The molecule has 0 saturated carbocycles. The summed E-state index contributed by atoms with van der Waals surface area (Å²) in [4.78, 5) is 2.52. The highest BCUT2D eigenvalue weighted by atomic mass is 16.7. The summed E-state index contributed by atoms with van der Waals surface area (Å²) in [5.74, 6) is 0.370. The van der Waals surface area contributed by atoms with Gasteiger partial charge in [0.25, 0.3) is 0 Å². The number of ether oxygens (including phenoxy) is 3. The number of fused-ring (bicyclic) bond motifs is 1. The fourth-order valence-electron chi connectivity index (χ4n) is 4.61. The first kappa shape index (κ1) is 21.2. The Balaban J connectivity index is 1.14. The lowest BCUT2D eigenvalue weighted by Gasteiger charge is -2.33. The van der Waals surface area contributed by atoms with Gasteiger partial charge in [0.05, 0.1) is 18.3 Å². The summed E-state index contributed by atoms with van der Waals surface area (Å²) < 4.78 is 17.4. The van der Waals surface area contributed by atoms with Crippen molar-refractivity contribution < 1.29 is 14.2 Å². The predicted octanol–water partition coefficient (Wildman–Crippen LogP) is 4.17. The Morgan fingerprint density at radius 1 is 1.25 bits per heavy atom. The van der Waals surface area contributed by atoms with Crippen LogP contribution < -0.4 is 10.1 Å². The minimum Gasteiger partial charge on any atom is -0.491 e. The van der Waals surface area contributed by atoms with Crippen molar-refractivity contribution in [3.63, 3.8) is 0 Å². The van der Waals surface area contributed by atoms with Crippen molar-refractivity contribution in [2.45, 2.75) is 51.2 Å². The van der Waals surface area contributed by atoms with E-state index < -0.39 is 5.79 Å². The summed E-state index contributed by atoms with van der Waals surface area (Å²) >= 11 is 0. The molecule has 2 N–H and O–H groups in total. The first-order valence-corrected chi connectivity index (χ1v) is 11.5. The molecule has 1 unspecified atom stereocenters. The molecule has 5 rings (SSSR count). The molecule has 2 atom stereocenters. The van der Waals surface area contributed by atoms with Crippen LogP contribution in [0.2, 0.25) is 0 Å². The second kappa shape index (κ2) is 9.10. The van der Waals surface area contributed by atoms with E-state index in [0.29, 0.717) is 19.3 Å². The van der Waals surface area contributed by atoms with Crippen LogP contribution in [0.3, 0.4) is 0 Å². The average Bonchev–Trinajstić information content (AvgIpc) is 3.38.